The van der Waals surface area contributed by atoms with Gasteiger partial charge in [0.25, 0.3) is 0 Å². The Bertz CT molecular complexity index is 372. The molecule has 2 aliphatic heterocycles. The van der Waals surface area contributed by atoms with E-state index in [1.807, 2.05) is 0 Å². The third-order valence-electron chi connectivity index (χ3n) is 3.43. The first-order valence-electron chi connectivity index (χ1n) is 5.80. The standard InChI is InChI=1S/C11H15ClN4/c12-10-5-13-6-11(16-10)15-9-3-7-1-2-8(4-9)14-7/h5-9,14H,1-4H2,(H,15,16). The monoisotopic (exact) mass is 238 g/mol. The number of aromatic nitrogens is 2. The maximum absolute atomic E-state index is 5.81. The van der Waals surface area contributed by atoms with E-state index in [9.17, 15) is 0 Å². The van der Waals surface area contributed by atoms with Gasteiger partial charge >= 0.3 is 0 Å². The predicted molar refractivity (Wildman–Crippen MR) is 63.6 cm³/mol. The average molecular weight is 239 g/mol. The molecule has 3 rings (SSSR count). The van der Waals surface area contributed by atoms with Crippen molar-refractivity contribution in [3.05, 3.63) is 17.5 Å². The third-order valence-corrected chi connectivity index (χ3v) is 3.61. The van der Waals surface area contributed by atoms with Crippen molar-refractivity contribution in [2.75, 3.05) is 5.32 Å². The first-order chi connectivity index (χ1) is 7.79. The van der Waals surface area contributed by atoms with Crippen molar-refractivity contribution >= 4 is 17.4 Å². The van der Waals surface area contributed by atoms with Crippen molar-refractivity contribution in [2.45, 2.75) is 43.8 Å². The summed E-state index contributed by atoms with van der Waals surface area (Å²) in [6.07, 6.45) is 8.25. The molecule has 0 aliphatic carbocycles. The SMILES string of the molecule is Clc1cncc(NC2CC3CCC(C2)N3)n1. The van der Waals surface area contributed by atoms with Gasteiger partial charge in [-0.3, -0.25) is 4.98 Å². The zero-order chi connectivity index (χ0) is 11.0. The van der Waals surface area contributed by atoms with Crippen LogP contribution in [0.3, 0.4) is 0 Å². The molecule has 3 heterocycles. The Hall–Kier alpha value is -0.870. The largest absolute Gasteiger partial charge is 0.366 e. The molecule has 86 valence electrons. The van der Waals surface area contributed by atoms with Gasteiger partial charge in [-0.2, -0.15) is 0 Å². The maximum Gasteiger partial charge on any atom is 0.149 e. The number of hydrogen-bond donors (Lipinski definition) is 2. The van der Waals surface area contributed by atoms with Crippen molar-refractivity contribution in [2.24, 2.45) is 0 Å². The zero-order valence-corrected chi connectivity index (χ0v) is 9.74. The van der Waals surface area contributed by atoms with Crippen LogP contribution >= 0.6 is 11.6 Å². The molecule has 2 aliphatic rings. The molecule has 5 heteroatoms. The highest BCUT2D eigenvalue weighted by Crippen LogP contribution is 2.28. The van der Waals surface area contributed by atoms with Crippen LogP contribution in [0.25, 0.3) is 0 Å². The smallest absolute Gasteiger partial charge is 0.149 e. The van der Waals surface area contributed by atoms with Crippen molar-refractivity contribution in [1.82, 2.24) is 15.3 Å². The summed E-state index contributed by atoms with van der Waals surface area (Å²) >= 11 is 5.81. The van der Waals surface area contributed by atoms with Crippen LogP contribution < -0.4 is 10.6 Å². The number of halogens is 1. The molecule has 0 aromatic carbocycles. The summed E-state index contributed by atoms with van der Waals surface area (Å²) in [5.74, 6) is 0.791. The van der Waals surface area contributed by atoms with E-state index in [0.29, 0.717) is 23.3 Å². The highest BCUT2D eigenvalue weighted by molar-refractivity contribution is 6.29. The molecular formula is C11H15ClN4. The van der Waals surface area contributed by atoms with E-state index in [-0.39, 0.29) is 0 Å². The van der Waals surface area contributed by atoms with Crippen LogP contribution in [0.15, 0.2) is 12.4 Å². The van der Waals surface area contributed by atoms with Crippen LogP contribution in [0.5, 0.6) is 0 Å². The second-order valence-electron chi connectivity index (χ2n) is 4.68. The molecule has 1 aromatic rings. The fraction of sp³-hybridized carbons (Fsp3) is 0.636. The number of hydrogen-bond acceptors (Lipinski definition) is 4. The molecule has 2 bridgehead atoms. The fourth-order valence-corrected chi connectivity index (χ4v) is 2.94. The van der Waals surface area contributed by atoms with Crippen LogP contribution in [0.4, 0.5) is 5.82 Å². The van der Waals surface area contributed by atoms with Gasteiger partial charge in [0, 0.05) is 18.1 Å². The minimum Gasteiger partial charge on any atom is -0.366 e. The Kier molecular flexibility index (Phi) is 2.69. The molecule has 2 unspecified atom stereocenters. The highest BCUT2D eigenvalue weighted by Gasteiger charge is 2.33. The molecule has 0 spiro atoms. The van der Waals surface area contributed by atoms with Crippen LogP contribution in [-0.4, -0.2) is 28.1 Å². The summed E-state index contributed by atoms with van der Waals surface area (Å²) in [7, 11) is 0. The second-order valence-corrected chi connectivity index (χ2v) is 5.06. The Morgan fingerprint density at radius 1 is 1.25 bits per heavy atom. The van der Waals surface area contributed by atoms with E-state index in [1.165, 1.54) is 25.7 Å². The summed E-state index contributed by atoms with van der Waals surface area (Å²) in [5.41, 5.74) is 0. The number of nitrogens with one attached hydrogen (secondary N) is 2. The minimum atomic E-state index is 0.446. The van der Waals surface area contributed by atoms with E-state index < -0.39 is 0 Å². The quantitative estimate of drug-likeness (QED) is 0.826. The van der Waals surface area contributed by atoms with E-state index in [1.54, 1.807) is 12.4 Å². The molecular weight excluding hydrogens is 224 g/mol. The Morgan fingerprint density at radius 2 is 2.00 bits per heavy atom. The van der Waals surface area contributed by atoms with Crippen LogP contribution in [0, 0.1) is 0 Å². The number of nitrogens with zero attached hydrogens (tertiary/aromatic N) is 2. The summed E-state index contributed by atoms with van der Waals surface area (Å²) in [6.45, 7) is 0. The van der Waals surface area contributed by atoms with Crippen molar-refractivity contribution in [1.29, 1.82) is 0 Å². The molecule has 0 saturated carbocycles. The molecule has 2 fully saturated rings. The molecule has 2 saturated heterocycles. The summed E-state index contributed by atoms with van der Waals surface area (Å²) in [4.78, 5) is 8.24. The van der Waals surface area contributed by atoms with Gasteiger partial charge in [0.15, 0.2) is 0 Å². The van der Waals surface area contributed by atoms with E-state index >= 15 is 0 Å². The summed E-state index contributed by atoms with van der Waals surface area (Å²) in [5, 5.41) is 7.49. The van der Waals surface area contributed by atoms with Crippen molar-refractivity contribution < 1.29 is 0 Å². The van der Waals surface area contributed by atoms with Crippen molar-refractivity contribution in [3.8, 4) is 0 Å². The number of piperidine rings is 1. The van der Waals surface area contributed by atoms with Crippen LogP contribution in [-0.2, 0) is 0 Å². The molecule has 16 heavy (non-hydrogen) atoms. The molecule has 4 nitrogen and oxygen atoms in total. The zero-order valence-electron chi connectivity index (χ0n) is 8.99. The van der Waals surface area contributed by atoms with Gasteiger partial charge in [-0.05, 0) is 25.7 Å². The van der Waals surface area contributed by atoms with Gasteiger partial charge in [-0.15, -0.1) is 0 Å². The molecule has 0 amide bonds. The number of fused-ring (bicyclic) bond motifs is 2. The lowest BCUT2D eigenvalue weighted by molar-refractivity contribution is 0.377. The predicted octanol–water partition coefficient (Wildman–Crippen LogP) is 1.82. The lowest BCUT2D eigenvalue weighted by Crippen LogP contribution is -2.43. The van der Waals surface area contributed by atoms with E-state index in [2.05, 4.69) is 20.6 Å². The third kappa shape index (κ3) is 2.13. The van der Waals surface area contributed by atoms with Gasteiger partial charge in [-0.1, -0.05) is 11.6 Å². The van der Waals surface area contributed by atoms with Gasteiger partial charge in [-0.25, -0.2) is 4.98 Å². The Balaban J connectivity index is 1.67. The summed E-state index contributed by atoms with van der Waals surface area (Å²) < 4.78 is 0. The lowest BCUT2D eigenvalue weighted by atomic mass is 10.00. The normalized spacial score (nSPS) is 32.7. The Labute approximate surface area is 99.8 Å². The second kappa shape index (κ2) is 4.18. The topological polar surface area (TPSA) is 49.8 Å². The maximum atomic E-state index is 5.81. The minimum absolute atomic E-state index is 0.446. The lowest BCUT2D eigenvalue weighted by Gasteiger charge is -2.29. The van der Waals surface area contributed by atoms with E-state index in [4.69, 9.17) is 11.6 Å². The highest BCUT2D eigenvalue weighted by atomic mass is 35.5. The van der Waals surface area contributed by atoms with Gasteiger partial charge in [0.05, 0.1) is 12.4 Å². The van der Waals surface area contributed by atoms with Crippen LogP contribution in [0.2, 0.25) is 5.15 Å². The number of rotatable bonds is 2. The van der Waals surface area contributed by atoms with Gasteiger partial charge in [0.1, 0.15) is 11.0 Å². The molecule has 2 atom stereocenters. The summed E-state index contributed by atoms with van der Waals surface area (Å²) in [6, 6.07) is 1.87. The first kappa shape index (κ1) is 10.3. The first-order valence-corrected chi connectivity index (χ1v) is 6.17. The molecule has 0 radical (unpaired) electrons. The van der Waals surface area contributed by atoms with Crippen LogP contribution in [0.1, 0.15) is 25.7 Å². The Morgan fingerprint density at radius 3 is 2.69 bits per heavy atom. The van der Waals surface area contributed by atoms with Gasteiger partial charge in [0.2, 0.25) is 0 Å². The van der Waals surface area contributed by atoms with E-state index in [0.717, 1.165) is 5.82 Å². The van der Waals surface area contributed by atoms with Gasteiger partial charge < -0.3 is 10.6 Å². The molecule has 2 N–H and O–H groups in total. The number of anilines is 1. The average Bonchev–Trinajstić information content (AvgIpc) is 2.58. The van der Waals surface area contributed by atoms with Crippen molar-refractivity contribution in [3.63, 3.8) is 0 Å². The fourth-order valence-electron chi connectivity index (χ4n) is 2.80. The molecule has 1 aromatic heterocycles.